The molecule has 0 saturated heterocycles. The van der Waals surface area contributed by atoms with E-state index in [2.05, 4.69) is 20.6 Å². The number of aryl methyl sites for hydroxylation is 1. The number of rotatable bonds is 7. The number of ether oxygens (including phenoxy) is 1. The maximum Gasteiger partial charge on any atom is 0.224 e. The average Bonchev–Trinajstić information content (AvgIpc) is 2.78. The highest BCUT2D eigenvalue weighted by atomic mass is 35.5. The third kappa shape index (κ3) is 4.44. The Morgan fingerprint density at radius 2 is 2.14 bits per heavy atom. The van der Waals surface area contributed by atoms with E-state index in [-0.39, 0.29) is 5.28 Å². The molecule has 0 atom stereocenters. The number of thiophene rings is 1. The Balaban J connectivity index is 2.08. The predicted molar refractivity (Wildman–Crippen MR) is 88.8 cm³/mol. The predicted octanol–water partition coefficient (Wildman–Crippen LogP) is 3.82. The molecule has 114 valence electrons. The molecule has 2 rings (SSSR count). The largest absolute Gasteiger partial charge is 0.383 e. The van der Waals surface area contributed by atoms with Crippen LogP contribution in [0.15, 0.2) is 11.6 Å². The van der Waals surface area contributed by atoms with E-state index < -0.39 is 0 Å². The molecule has 0 radical (unpaired) electrons. The van der Waals surface area contributed by atoms with Gasteiger partial charge in [-0.25, -0.2) is 9.97 Å². The van der Waals surface area contributed by atoms with Gasteiger partial charge in [0.15, 0.2) is 0 Å². The number of hydrogen-bond acceptors (Lipinski definition) is 6. The lowest BCUT2D eigenvalue weighted by molar-refractivity contribution is 0.210. The summed E-state index contributed by atoms with van der Waals surface area (Å²) in [7, 11) is 1.65. The van der Waals surface area contributed by atoms with Gasteiger partial charge in [0.2, 0.25) is 5.28 Å². The van der Waals surface area contributed by atoms with E-state index in [0.717, 1.165) is 21.2 Å². The van der Waals surface area contributed by atoms with Crippen molar-refractivity contribution in [3.63, 3.8) is 0 Å². The van der Waals surface area contributed by atoms with Crippen molar-refractivity contribution in [3.05, 3.63) is 32.3 Å². The van der Waals surface area contributed by atoms with Crippen LogP contribution in [0.5, 0.6) is 0 Å². The van der Waals surface area contributed by atoms with E-state index in [0.29, 0.717) is 25.5 Å². The highest BCUT2D eigenvalue weighted by Crippen LogP contribution is 2.32. The Morgan fingerprint density at radius 1 is 1.33 bits per heavy atom. The summed E-state index contributed by atoms with van der Waals surface area (Å²) in [5, 5.41) is 8.72. The van der Waals surface area contributed by atoms with E-state index in [1.54, 1.807) is 13.3 Å². The zero-order chi connectivity index (χ0) is 15.2. The first-order valence-corrected chi connectivity index (χ1v) is 7.97. The van der Waals surface area contributed by atoms with Gasteiger partial charge >= 0.3 is 0 Å². The van der Waals surface area contributed by atoms with Gasteiger partial charge in [-0.05, 0) is 29.5 Å². The number of methoxy groups -OCH3 is 1. The van der Waals surface area contributed by atoms with Crippen molar-refractivity contribution in [1.82, 2.24) is 9.97 Å². The molecule has 21 heavy (non-hydrogen) atoms. The molecule has 0 aliphatic rings. The first-order chi connectivity index (χ1) is 10.1. The lowest BCUT2D eigenvalue weighted by Crippen LogP contribution is -2.13. The molecule has 0 aliphatic heterocycles. The van der Waals surface area contributed by atoms with Crippen molar-refractivity contribution in [3.8, 4) is 0 Å². The molecule has 2 N–H and O–H groups in total. The fourth-order valence-corrected chi connectivity index (χ4v) is 2.98. The Hall–Kier alpha value is -1.08. The first-order valence-electron chi connectivity index (χ1n) is 6.33. The fraction of sp³-hybridized carbons (Fsp3) is 0.385. The molecule has 0 aromatic carbocycles. The minimum absolute atomic E-state index is 0.211. The number of nitrogens with one attached hydrogen (secondary N) is 2. The van der Waals surface area contributed by atoms with Crippen LogP contribution in [0.25, 0.3) is 0 Å². The maximum absolute atomic E-state index is 6.15. The molecule has 2 aromatic rings. The van der Waals surface area contributed by atoms with Gasteiger partial charge in [-0.15, -0.1) is 11.3 Å². The topological polar surface area (TPSA) is 59.1 Å². The van der Waals surface area contributed by atoms with Gasteiger partial charge in [-0.3, -0.25) is 0 Å². The molecule has 2 heterocycles. The minimum atomic E-state index is 0.211. The summed E-state index contributed by atoms with van der Waals surface area (Å²) in [4.78, 5) is 8.23. The van der Waals surface area contributed by atoms with Crippen LogP contribution in [0, 0.1) is 6.92 Å². The van der Waals surface area contributed by atoms with Crippen LogP contribution in [0.2, 0.25) is 9.62 Å². The molecule has 0 bridgehead atoms. The summed E-state index contributed by atoms with van der Waals surface area (Å²) in [5.41, 5.74) is 2.98. The third-order valence-corrected chi connectivity index (χ3v) is 4.34. The lowest BCUT2D eigenvalue weighted by atomic mass is 10.2. The van der Waals surface area contributed by atoms with Gasteiger partial charge in [0.25, 0.3) is 0 Å². The van der Waals surface area contributed by atoms with Gasteiger partial charge in [-0.1, -0.05) is 11.6 Å². The van der Waals surface area contributed by atoms with Gasteiger partial charge in [0.1, 0.15) is 10.2 Å². The van der Waals surface area contributed by atoms with E-state index in [1.165, 1.54) is 11.3 Å². The molecule has 0 fully saturated rings. The highest BCUT2D eigenvalue weighted by molar-refractivity contribution is 7.15. The van der Waals surface area contributed by atoms with Crippen molar-refractivity contribution in [2.45, 2.75) is 13.5 Å². The van der Waals surface area contributed by atoms with Gasteiger partial charge in [-0.2, -0.15) is 0 Å². The van der Waals surface area contributed by atoms with E-state index >= 15 is 0 Å². The standard InChI is InChI=1S/C13H16Cl2N4OS/c1-8-7-21-11(14)10(8)17-5-9-6-18-13(15)19-12(9)16-3-4-20-2/h6-7,17H,3-5H2,1-2H3,(H,16,18,19). The van der Waals surface area contributed by atoms with Crippen molar-refractivity contribution in [2.75, 3.05) is 30.9 Å². The molecule has 0 aliphatic carbocycles. The van der Waals surface area contributed by atoms with E-state index in [1.807, 2.05) is 12.3 Å². The van der Waals surface area contributed by atoms with Crippen molar-refractivity contribution in [2.24, 2.45) is 0 Å². The minimum Gasteiger partial charge on any atom is -0.383 e. The summed E-state index contributed by atoms with van der Waals surface area (Å²) < 4.78 is 5.76. The van der Waals surface area contributed by atoms with Crippen LogP contribution in [0.3, 0.4) is 0 Å². The number of hydrogen-bond donors (Lipinski definition) is 2. The molecule has 0 unspecified atom stereocenters. The zero-order valence-corrected chi connectivity index (χ0v) is 14.1. The second-order valence-corrected chi connectivity index (χ2v) is 6.17. The summed E-state index contributed by atoms with van der Waals surface area (Å²) in [6.45, 7) is 3.81. The van der Waals surface area contributed by atoms with E-state index in [4.69, 9.17) is 27.9 Å². The molecule has 0 saturated carbocycles. The van der Waals surface area contributed by atoms with Crippen LogP contribution in [0.4, 0.5) is 11.5 Å². The quantitative estimate of drug-likeness (QED) is 0.589. The molecule has 5 nitrogen and oxygen atoms in total. The SMILES string of the molecule is COCCNc1nc(Cl)ncc1CNc1c(C)csc1Cl. The van der Waals surface area contributed by atoms with Crippen LogP contribution >= 0.6 is 34.5 Å². The highest BCUT2D eigenvalue weighted by Gasteiger charge is 2.10. The Morgan fingerprint density at radius 3 is 2.81 bits per heavy atom. The van der Waals surface area contributed by atoms with Crippen molar-refractivity contribution in [1.29, 1.82) is 0 Å². The smallest absolute Gasteiger partial charge is 0.224 e. The number of nitrogens with zero attached hydrogens (tertiary/aromatic N) is 2. The summed E-state index contributed by atoms with van der Waals surface area (Å²) in [6.07, 6.45) is 1.70. The second-order valence-electron chi connectivity index (χ2n) is 4.35. The van der Waals surface area contributed by atoms with E-state index in [9.17, 15) is 0 Å². The second kappa shape index (κ2) is 7.79. The summed E-state index contributed by atoms with van der Waals surface area (Å²) in [5.74, 6) is 0.698. The lowest BCUT2D eigenvalue weighted by Gasteiger charge is -2.12. The molecule has 8 heteroatoms. The number of aromatic nitrogens is 2. The number of halogens is 2. The molecule has 2 aromatic heterocycles. The summed E-state index contributed by atoms with van der Waals surface area (Å²) in [6, 6.07) is 0. The molecular formula is C13H16Cl2N4OS. The summed E-state index contributed by atoms with van der Waals surface area (Å²) >= 11 is 13.5. The van der Waals surface area contributed by atoms with Crippen LogP contribution in [0.1, 0.15) is 11.1 Å². The van der Waals surface area contributed by atoms with Crippen molar-refractivity contribution >= 4 is 46.0 Å². The zero-order valence-electron chi connectivity index (χ0n) is 11.7. The maximum atomic E-state index is 6.15. The van der Waals surface area contributed by atoms with Crippen LogP contribution in [-0.4, -0.2) is 30.2 Å². The number of anilines is 2. The van der Waals surface area contributed by atoms with Gasteiger partial charge in [0.05, 0.1) is 12.3 Å². The molecule has 0 spiro atoms. The third-order valence-electron chi connectivity index (χ3n) is 2.82. The molecular weight excluding hydrogens is 331 g/mol. The average molecular weight is 347 g/mol. The Bertz CT molecular complexity index is 586. The molecule has 0 amide bonds. The Kier molecular flexibility index (Phi) is 6.05. The van der Waals surface area contributed by atoms with Crippen LogP contribution in [-0.2, 0) is 11.3 Å². The normalized spacial score (nSPS) is 10.7. The Labute approximate surface area is 137 Å². The van der Waals surface area contributed by atoms with Gasteiger partial charge < -0.3 is 15.4 Å². The van der Waals surface area contributed by atoms with Crippen molar-refractivity contribution < 1.29 is 4.74 Å². The van der Waals surface area contributed by atoms with Crippen LogP contribution < -0.4 is 10.6 Å². The monoisotopic (exact) mass is 346 g/mol. The fourth-order valence-electron chi connectivity index (χ4n) is 1.74. The van der Waals surface area contributed by atoms with Gasteiger partial charge in [0, 0.05) is 32.0 Å². The first kappa shape index (κ1) is 16.3.